The monoisotopic (exact) mass is 442 g/mol. The zero-order chi connectivity index (χ0) is 22.8. The molecule has 1 aromatic heterocycles. The number of hydrogen-bond acceptors (Lipinski definition) is 6. The number of nitrogens with zero attached hydrogens (tertiary/aromatic N) is 4. The molecule has 5 rings (SSSR count). The highest BCUT2D eigenvalue weighted by Crippen LogP contribution is 2.36. The van der Waals surface area contributed by atoms with Gasteiger partial charge in [0.25, 0.3) is 0 Å². The van der Waals surface area contributed by atoms with Crippen LogP contribution in [0.3, 0.4) is 0 Å². The molecule has 2 aromatic carbocycles. The minimum absolute atomic E-state index is 0.102. The van der Waals surface area contributed by atoms with E-state index in [-0.39, 0.29) is 18.3 Å². The standard InChI is InChI=1S/C25H22N4O4/c1-32-23-9-7-20(8-10-23)28-16-19(26-27-28)15-18-17-33-25(13-11-22(30)12-14-25)29(24(18)31)21-5-3-2-4-6-21/h2-14,16,18H,15,17H2,1H3. The Morgan fingerprint density at radius 1 is 1.03 bits per heavy atom. The molecule has 33 heavy (non-hydrogen) atoms. The number of anilines is 1. The van der Waals surface area contributed by atoms with E-state index < -0.39 is 11.6 Å². The Bertz CT molecular complexity index is 1210. The van der Waals surface area contributed by atoms with Crippen molar-refractivity contribution in [3.63, 3.8) is 0 Å². The molecule has 1 aliphatic carbocycles. The van der Waals surface area contributed by atoms with Gasteiger partial charge in [-0.2, -0.15) is 0 Å². The van der Waals surface area contributed by atoms with Gasteiger partial charge in [0.2, 0.25) is 5.91 Å². The van der Waals surface area contributed by atoms with E-state index in [1.807, 2.05) is 60.8 Å². The number of benzene rings is 2. The topological polar surface area (TPSA) is 86.5 Å². The second-order valence-electron chi connectivity index (χ2n) is 7.89. The van der Waals surface area contributed by atoms with Crippen LogP contribution in [-0.2, 0) is 20.7 Å². The predicted octanol–water partition coefficient (Wildman–Crippen LogP) is 2.89. The lowest BCUT2D eigenvalue weighted by Crippen LogP contribution is -2.60. The van der Waals surface area contributed by atoms with Crippen molar-refractivity contribution in [2.75, 3.05) is 18.6 Å². The van der Waals surface area contributed by atoms with Gasteiger partial charge >= 0.3 is 0 Å². The van der Waals surface area contributed by atoms with Crippen molar-refractivity contribution in [3.8, 4) is 11.4 Å². The molecule has 0 N–H and O–H groups in total. The van der Waals surface area contributed by atoms with Gasteiger partial charge in [-0.05, 0) is 60.7 Å². The quantitative estimate of drug-likeness (QED) is 0.604. The first-order chi connectivity index (χ1) is 16.1. The summed E-state index contributed by atoms with van der Waals surface area (Å²) in [6.07, 6.45) is 8.33. The molecule has 1 fully saturated rings. The molecule has 0 saturated carbocycles. The molecule has 2 aliphatic rings. The summed E-state index contributed by atoms with van der Waals surface area (Å²) in [4.78, 5) is 27.0. The minimum atomic E-state index is -1.12. The number of ether oxygens (including phenoxy) is 2. The molecule has 0 radical (unpaired) electrons. The lowest BCUT2D eigenvalue weighted by Gasteiger charge is -2.46. The van der Waals surface area contributed by atoms with Crippen LogP contribution in [0.25, 0.3) is 5.69 Å². The number of rotatable bonds is 5. The van der Waals surface area contributed by atoms with E-state index in [4.69, 9.17) is 9.47 Å². The largest absolute Gasteiger partial charge is 0.497 e. The van der Waals surface area contributed by atoms with Crippen molar-refractivity contribution in [1.82, 2.24) is 15.0 Å². The van der Waals surface area contributed by atoms with Crippen LogP contribution in [0.1, 0.15) is 5.69 Å². The lowest BCUT2D eigenvalue weighted by atomic mass is 9.94. The van der Waals surface area contributed by atoms with E-state index in [9.17, 15) is 9.59 Å². The van der Waals surface area contributed by atoms with E-state index in [0.717, 1.165) is 11.4 Å². The fraction of sp³-hybridized carbons (Fsp3) is 0.200. The molecule has 1 saturated heterocycles. The second kappa shape index (κ2) is 8.48. The molecule has 0 bridgehead atoms. The van der Waals surface area contributed by atoms with E-state index in [2.05, 4.69) is 10.3 Å². The Hall–Kier alpha value is -4.04. The van der Waals surface area contributed by atoms with Crippen LogP contribution in [0.15, 0.2) is 85.1 Å². The van der Waals surface area contributed by atoms with Crippen LogP contribution in [0.2, 0.25) is 0 Å². The number of carbonyl (C=O) groups excluding carboxylic acids is 2. The summed E-state index contributed by atoms with van der Waals surface area (Å²) in [6.45, 7) is 0.195. The highest BCUT2D eigenvalue weighted by Gasteiger charge is 2.46. The number of ketones is 1. The van der Waals surface area contributed by atoms with Gasteiger partial charge in [0.1, 0.15) is 5.75 Å². The summed E-state index contributed by atoms with van der Waals surface area (Å²) in [5.74, 6) is 0.0693. The van der Waals surface area contributed by atoms with Crippen molar-refractivity contribution in [2.24, 2.45) is 5.92 Å². The zero-order valence-electron chi connectivity index (χ0n) is 18.0. The molecule has 1 aliphatic heterocycles. The van der Waals surface area contributed by atoms with Crippen molar-refractivity contribution in [2.45, 2.75) is 12.1 Å². The molecule has 3 aromatic rings. The maximum Gasteiger partial charge on any atom is 0.235 e. The third kappa shape index (κ3) is 3.96. The Balaban J connectivity index is 1.40. The zero-order valence-corrected chi connectivity index (χ0v) is 18.0. The SMILES string of the molecule is COc1ccc(-n2cc(CC3COC4(C=CC(=O)C=C4)N(c4ccccc4)C3=O)nn2)cc1. The third-order valence-electron chi connectivity index (χ3n) is 5.76. The average Bonchev–Trinajstić information content (AvgIpc) is 3.32. The average molecular weight is 442 g/mol. The molecule has 1 atom stereocenters. The number of carbonyl (C=O) groups is 2. The van der Waals surface area contributed by atoms with Gasteiger partial charge in [-0.25, -0.2) is 4.68 Å². The molecular formula is C25H22N4O4. The first-order valence-electron chi connectivity index (χ1n) is 10.6. The predicted molar refractivity (Wildman–Crippen MR) is 121 cm³/mol. The summed E-state index contributed by atoms with van der Waals surface area (Å²) >= 11 is 0. The molecule has 1 unspecified atom stereocenters. The van der Waals surface area contributed by atoms with Crippen molar-refractivity contribution >= 4 is 17.4 Å². The number of methoxy groups -OCH3 is 1. The first kappa shape index (κ1) is 20.8. The number of allylic oxidation sites excluding steroid dienone is 2. The normalized spacial score (nSPS) is 19.3. The summed E-state index contributed by atoms with van der Waals surface area (Å²) in [5, 5.41) is 8.46. The summed E-state index contributed by atoms with van der Waals surface area (Å²) < 4.78 is 13.1. The van der Waals surface area contributed by atoms with Crippen molar-refractivity contribution in [1.29, 1.82) is 0 Å². The van der Waals surface area contributed by atoms with Gasteiger partial charge < -0.3 is 9.47 Å². The van der Waals surface area contributed by atoms with Gasteiger partial charge in [0.15, 0.2) is 11.5 Å². The molecule has 8 nitrogen and oxygen atoms in total. The van der Waals surface area contributed by atoms with E-state index >= 15 is 0 Å². The number of hydrogen-bond donors (Lipinski definition) is 0. The van der Waals surface area contributed by atoms with Gasteiger partial charge in [-0.3, -0.25) is 14.5 Å². The molecule has 8 heteroatoms. The van der Waals surface area contributed by atoms with Gasteiger partial charge in [0.05, 0.1) is 37.2 Å². The Morgan fingerprint density at radius 2 is 1.76 bits per heavy atom. The van der Waals surface area contributed by atoms with Gasteiger partial charge in [-0.15, -0.1) is 5.10 Å². The molecule has 2 heterocycles. The van der Waals surface area contributed by atoms with Crippen LogP contribution in [-0.4, -0.2) is 46.1 Å². The van der Waals surface area contributed by atoms with Gasteiger partial charge in [0, 0.05) is 12.1 Å². The van der Waals surface area contributed by atoms with E-state index in [0.29, 0.717) is 17.8 Å². The van der Waals surface area contributed by atoms with Crippen LogP contribution in [0.5, 0.6) is 5.75 Å². The fourth-order valence-electron chi connectivity index (χ4n) is 4.04. The van der Waals surface area contributed by atoms with Crippen LogP contribution in [0.4, 0.5) is 5.69 Å². The summed E-state index contributed by atoms with van der Waals surface area (Å²) in [6, 6.07) is 16.8. The summed E-state index contributed by atoms with van der Waals surface area (Å²) in [5.41, 5.74) is 1.09. The maximum atomic E-state index is 13.7. The summed E-state index contributed by atoms with van der Waals surface area (Å²) in [7, 11) is 1.62. The van der Waals surface area contributed by atoms with E-state index in [1.54, 1.807) is 28.8 Å². The second-order valence-corrected chi connectivity index (χ2v) is 7.89. The Kier molecular flexibility index (Phi) is 5.35. The highest BCUT2D eigenvalue weighted by atomic mass is 16.5. The highest BCUT2D eigenvalue weighted by molar-refractivity contribution is 6.03. The van der Waals surface area contributed by atoms with Crippen LogP contribution >= 0.6 is 0 Å². The molecular weight excluding hydrogens is 420 g/mol. The van der Waals surface area contributed by atoms with Crippen LogP contribution < -0.4 is 9.64 Å². The molecule has 166 valence electrons. The minimum Gasteiger partial charge on any atom is -0.497 e. The number of amides is 1. The third-order valence-corrected chi connectivity index (χ3v) is 5.76. The lowest BCUT2D eigenvalue weighted by molar-refractivity contribution is -0.138. The van der Waals surface area contributed by atoms with E-state index in [1.165, 1.54) is 12.2 Å². The Labute approximate surface area is 190 Å². The van der Waals surface area contributed by atoms with Crippen molar-refractivity contribution < 1.29 is 19.1 Å². The van der Waals surface area contributed by atoms with Crippen molar-refractivity contribution in [3.05, 3.63) is 90.8 Å². The first-order valence-corrected chi connectivity index (χ1v) is 10.6. The molecule has 1 amide bonds. The van der Waals surface area contributed by atoms with Gasteiger partial charge in [-0.1, -0.05) is 23.4 Å². The maximum absolute atomic E-state index is 13.7. The number of para-hydroxylation sites is 1. The van der Waals surface area contributed by atoms with Crippen LogP contribution in [0, 0.1) is 5.92 Å². The fourth-order valence-corrected chi connectivity index (χ4v) is 4.04. The number of aromatic nitrogens is 3. The Morgan fingerprint density at radius 3 is 2.45 bits per heavy atom. The molecule has 1 spiro atoms. The smallest absolute Gasteiger partial charge is 0.235 e.